The van der Waals surface area contributed by atoms with Gasteiger partial charge in [-0.05, 0) is 121 Å². The zero-order valence-electron chi connectivity index (χ0n) is 39.5. The monoisotopic (exact) mass is 837 g/mol. The van der Waals surface area contributed by atoms with Gasteiger partial charge in [-0.25, -0.2) is 4.98 Å². The molecule has 64 heavy (non-hydrogen) atoms. The number of benzene rings is 7. The molecule has 0 spiro atoms. The van der Waals surface area contributed by atoms with E-state index in [1.165, 1.54) is 49.2 Å². The van der Waals surface area contributed by atoms with Gasteiger partial charge in [0.25, 0.3) is 0 Å². The molecule has 320 valence electrons. The van der Waals surface area contributed by atoms with Crippen molar-refractivity contribution in [2.75, 3.05) is 0 Å². The molecule has 10 aromatic rings. The second-order valence-electron chi connectivity index (χ2n) is 22.0. The van der Waals surface area contributed by atoms with Crippen LogP contribution in [-0.2, 0) is 21.7 Å². The lowest BCUT2D eigenvalue weighted by atomic mass is 9.85. The van der Waals surface area contributed by atoms with Gasteiger partial charge in [-0.2, -0.15) is 9.97 Å². The average Bonchev–Trinajstić information content (AvgIpc) is 3.76. The van der Waals surface area contributed by atoms with E-state index in [1.807, 2.05) is 0 Å². The van der Waals surface area contributed by atoms with Crippen molar-refractivity contribution in [1.82, 2.24) is 24.1 Å². The summed E-state index contributed by atoms with van der Waals surface area (Å²) in [5, 5.41) is 7.18. The highest BCUT2D eigenvalue weighted by atomic mass is 15.2. The summed E-state index contributed by atoms with van der Waals surface area (Å²) in [6.45, 7) is 27.4. The third-order valence-electron chi connectivity index (χ3n) is 13.2. The lowest BCUT2D eigenvalue weighted by Gasteiger charge is -2.19. The van der Waals surface area contributed by atoms with Crippen molar-refractivity contribution in [3.05, 3.63) is 162 Å². The van der Waals surface area contributed by atoms with E-state index in [4.69, 9.17) is 15.0 Å². The van der Waals surface area contributed by atoms with E-state index < -0.39 is 0 Å². The van der Waals surface area contributed by atoms with E-state index in [-0.39, 0.29) is 21.7 Å². The van der Waals surface area contributed by atoms with E-state index in [1.54, 1.807) is 0 Å². The summed E-state index contributed by atoms with van der Waals surface area (Å²) >= 11 is 0. The number of hydrogen-bond acceptors (Lipinski definition) is 3. The largest absolute Gasteiger partial charge is 0.309 e. The number of fused-ring (bicyclic) bond motifs is 7. The van der Waals surface area contributed by atoms with Gasteiger partial charge in [-0.15, -0.1) is 0 Å². The zero-order chi connectivity index (χ0) is 45.1. The van der Waals surface area contributed by atoms with Crippen molar-refractivity contribution in [2.24, 2.45) is 0 Å². The van der Waals surface area contributed by atoms with Gasteiger partial charge in [-0.3, -0.25) is 4.57 Å². The smallest absolute Gasteiger partial charge is 0.238 e. The summed E-state index contributed by atoms with van der Waals surface area (Å²) in [6.07, 6.45) is 0. The molecular formula is C59H59N5. The van der Waals surface area contributed by atoms with Crippen LogP contribution >= 0.6 is 0 Å². The fourth-order valence-electron chi connectivity index (χ4n) is 9.29. The highest BCUT2D eigenvalue weighted by Gasteiger charge is 2.26. The van der Waals surface area contributed by atoms with Crippen LogP contribution in [-0.4, -0.2) is 24.1 Å². The Morgan fingerprint density at radius 2 is 0.750 bits per heavy atom. The molecule has 0 saturated heterocycles. The standard InChI is InChI=1S/C59H59N5/c1-56(2,3)39-23-27-49-44(32-39)45-33-40(57(4,5)6)24-28-50(45)63(49)48-20-16-15-19-43(48)54-60-53(38-22-21-36-17-13-14-18-37(36)31-38)61-55(62-54)64-51-29-25-41(58(7,8)9)34-46(51)47-35-42(59(10,11)12)26-30-52(47)64/h13-35H,1-12H3. The Labute approximate surface area is 377 Å². The van der Waals surface area contributed by atoms with Gasteiger partial charge in [0.2, 0.25) is 5.95 Å². The van der Waals surface area contributed by atoms with Gasteiger partial charge < -0.3 is 4.57 Å². The second-order valence-corrected chi connectivity index (χ2v) is 22.0. The van der Waals surface area contributed by atoms with Gasteiger partial charge in [-0.1, -0.05) is 156 Å². The molecule has 0 amide bonds. The lowest BCUT2D eigenvalue weighted by molar-refractivity contribution is 0.590. The fourth-order valence-corrected chi connectivity index (χ4v) is 9.29. The first-order chi connectivity index (χ1) is 30.2. The predicted octanol–water partition coefficient (Wildman–Crippen LogP) is 15.7. The van der Waals surface area contributed by atoms with Gasteiger partial charge in [0, 0.05) is 32.7 Å². The van der Waals surface area contributed by atoms with Crippen molar-refractivity contribution >= 4 is 54.4 Å². The first-order valence-corrected chi connectivity index (χ1v) is 22.8. The topological polar surface area (TPSA) is 48.5 Å². The summed E-state index contributed by atoms with van der Waals surface area (Å²) in [4.78, 5) is 16.4. The first kappa shape index (κ1) is 41.4. The molecule has 0 aliphatic carbocycles. The van der Waals surface area contributed by atoms with E-state index in [2.05, 4.69) is 232 Å². The predicted molar refractivity (Wildman–Crippen MR) is 272 cm³/mol. The Morgan fingerprint density at radius 3 is 1.22 bits per heavy atom. The number of nitrogens with zero attached hydrogens (tertiary/aromatic N) is 5. The van der Waals surface area contributed by atoms with Crippen LogP contribution in [0, 0.1) is 0 Å². The molecule has 10 rings (SSSR count). The Balaban J connectivity index is 1.28. The van der Waals surface area contributed by atoms with Crippen molar-refractivity contribution in [2.45, 2.75) is 105 Å². The Bertz CT molecular complexity index is 3340. The molecule has 0 saturated carbocycles. The minimum absolute atomic E-state index is 0.00195. The number of rotatable bonds is 4. The maximum Gasteiger partial charge on any atom is 0.238 e. The van der Waals surface area contributed by atoms with Gasteiger partial charge in [0.05, 0.1) is 27.8 Å². The van der Waals surface area contributed by atoms with Crippen LogP contribution in [0.3, 0.4) is 0 Å². The van der Waals surface area contributed by atoms with Crippen molar-refractivity contribution in [1.29, 1.82) is 0 Å². The van der Waals surface area contributed by atoms with Gasteiger partial charge in [0.15, 0.2) is 11.6 Å². The van der Waals surface area contributed by atoms with Crippen molar-refractivity contribution < 1.29 is 0 Å². The third-order valence-corrected chi connectivity index (χ3v) is 13.2. The molecule has 0 unspecified atom stereocenters. The summed E-state index contributed by atoms with van der Waals surface area (Å²) < 4.78 is 4.67. The summed E-state index contributed by atoms with van der Waals surface area (Å²) in [6, 6.07) is 51.4. The molecule has 0 bridgehead atoms. The second kappa shape index (κ2) is 14.5. The average molecular weight is 838 g/mol. The fraction of sp³-hybridized carbons (Fsp3) is 0.271. The molecule has 5 heteroatoms. The van der Waals surface area contributed by atoms with E-state index in [0.717, 1.165) is 44.3 Å². The molecule has 0 fully saturated rings. The number of para-hydroxylation sites is 1. The quantitative estimate of drug-likeness (QED) is 0.177. The van der Waals surface area contributed by atoms with Crippen LogP contribution in [0.2, 0.25) is 0 Å². The van der Waals surface area contributed by atoms with E-state index >= 15 is 0 Å². The van der Waals surface area contributed by atoms with Crippen LogP contribution in [0.5, 0.6) is 0 Å². The van der Waals surface area contributed by atoms with Crippen molar-refractivity contribution in [3.63, 3.8) is 0 Å². The molecule has 5 nitrogen and oxygen atoms in total. The number of aromatic nitrogens is 5. The molecule has 3 heterocycles. The maximum absolute atomic E-state index is 5.53. The normalized spacial score (nSPS) is 13.0. The van der Waals surface area contributed by atoms with Crippen LogP contribution < -0.4 is 0 Å². The summed E-state index contributed by atoms with van der Waals surface area (Å²) in [5.41, 5.74) is 12.5. The molecule has 3 aromatic heterocycles. The van der Waals surface area contributed by atoms with Gasteiger partial charge in [0.1, 0.15) is 0 Å². The minimum atomic E-state index is -0.0208. The molecule has 0 aliphatic rings. The Hall–Kier alpha value is -6.59. The van der Waals surface area contributed by atoms with Crippen LogP contribution in [0.25, 0.3) is 88.8 Å². The molecule has 7 aromatic carbocycles. The molecular weight excluding hydrogens is 779 g/mol. The SMILES string of the molecule is CC(C)(C)c1ccc2c(c1)c1cc(C(C)(C)C)ccc1n2-c1nc(-c2ccc3ccccc3c2)nc(-c2ccccc2-n2c3ccc(C(C)(C)C)cc3c3cc(C(C)(C)C)ccc32)n1. The maximum atomic E-state index is 5.53. The van der Waals surface area contributed by atoms with Crippen molar-refractivity contribution in [3.8, 4) is 34.4 Å². The van der Waals surface area contributed by atoms with Gasteiger partial charge >= 0.3 is 0 Å². The highest BCUT2D eigenvalue weighted by Crippen LogP contribution is 2.41. The summed E-state index contributed by atoms with van der Waals surface area (Å²) in [5.74, 6) is 1.82. The Kier molecular flexibility index (Phi) is 9.36. The molecule has 0 N–H and O–H groups in total. The highest BCUT2D eigenvalue weighted by molar-refractivity contribution is 6.11. The minimum Gasteiger partial charge on any atom is -0.309 e. The number of hydrogen-bond donors (Lipinski definition) is 0. The lowest BCUT2D eigenvalue weighted by Crippen LogP contribution is -2.11. The summed E-state index contributed by atoms with van der Waals surface area (Å²) in [7, 11) is 0. The van der Waals surface area contributed by atoms with Crippen LogP contribution in [0.4, 0.5) is 0 Å². The van der Waals surface area contributed by atoms with E-state index in [9.17, 15) is 0 Å². The third kappa shape index (κ3) is 7.06. The van der Waals surface area contributed by atoms with Crippen LogP contribution in [0.15, 0.2) is 140 Å². The van der Waals surface area contributed by atoms with Crippen LogP contribution in [0.1, 0.15) is 105 Å². The zero-order valence-corrected chi connectivity index (χ0v) is 39.5. The molecule has 0 radical (unpaired) electrons. The molecule has 0 aliphatic heterocycles. The first-order valence-electron chi connectivity index (χ1n) is 22.8. The molecule has 0 atom stereocenters. The Morgan fingerprint density at radius 1 is 0.344 bits per heavy atom. The van der Waals surface area contributed by atoms with E-state index in [0.29, 0.717) is 17.6 Å².